The minimum atomic E-state index is -0.954. The Morgan fingerprint density at radius 2 is 2.11 bits per heavy atom. The van der Waals surface area contributed by atoms with E-state index < -0.39 is 10.5 Å². The van der Waals surface area contributed by atoms with E-state index in [1.165, 1.54) is 6.07 Å². The van der Waals surface area contributed by atoms with E-state index in [1.54, 1.807) is 19.9 Å². The normalized spacial score (nSPS) is 13.4. The van der Waals surface area contributed by atoms with Gasteiger partial charge >= 0.3 is 0 Å². The molecule has 1 aromatic carbocycles. The molecule has 0 fully saturated rings. The highest BCUT2D eigenvalue weighted by atomic mass is 16.6. The molecule has 0 saturated heterocycles. The Hall–Kier alpha value is -2.13. The number of benzene rings is 1. The lowest BCUT2D eigenvalue weighted by Crippen LogP contribution is -2.35. The number of aryl methyl sites for hydroxylation is 2. The van der Waals surface area contributed by atoms with Crippen LogP contribution in [0.1, 0.15) is 24.5 Å². The van der Waals surface area contributed by atoms with E-state index in [2.05, 4.69) is 0 Å². The van der Waals surface area contributed by atoms with Crippen LogP contribution in [0.25, 0.3) is 0 Å². The fourth-order valence-corrected chi connectivity index (χ4v) is 1.60. The zero-order chi connectivity index (χ0) is 14.6. The number of ether oxygens (including phenoxy) is 1. The third-order valence-corrected chi connectivity index (χ3v) is 2.82. The molecule has 0 spiro atoms. The average Bonchev–Trinajstić information content (AvgIpc) is 2.31. The van der Waals surface area contributed by atoms with Gasteiger partial charge in [-0.15, -0.1) is 0 Å². The molecule has 1 atom stereocenters. The molecule has 0 aliphatic carbocycles. The van der Waals surface area contributed by atoms with Gasteiger partial charge in [0.1, 0.15) is 11.3 Å². The molecule has 1 rings (SSSR count). The van der Waals surface area contributed by atoms with Crippen LogP contribution in [0.5, 0.6) is 5.75 Å². The summed E-state index contributed by atoms with van der Waals surface area (Å²) in [6, 6.07) is 5.09. The summed E-state index contributed by atoms with van der Waals surface area (Å²) >= 11 is 0. The van der Waals surface area contributed by atoms with E-state index in [9.17, 15) is 10.1 Å². The number of hydrogen-bond donors (Lipinski definition) is 1. The third kappa shape index (κ3) is 3.93. The maximum Gasteiger partial charge on any atom is 0.276 e. The number of rotatable bonds is 5. The van der Waals surface area contributed by atoms with Gasteiger partial charge in [-0.05, 0) is 32.4 Å². The first kappa shape index (κ1) is 14.9. The first-order valence-corrected chi connectivity index (χ1v) is 5.85. The Bertz CT molecular complexity index is 533. The van der Waals surface area contributed by atoms with Gasteiger partial charge in [0, 0.05) is 12.0 Å². The topological polar surface area (TPSA) is 102 Å². The van der Waals surface area contributed by atoms with Crippen LogP contribution in [0.15, 0.2) is 12.1 Å². The van der Waals surface area contributed by atoms with Gasteiger partial charge in [0.2, 0.25) is 0 Å². The van der Waals surface area contributed by atoms with Crippen LogP contribution < -0.4 is 10.5 Å². The Morgan fingerprint density at radius 1 is 1.47 bits per heavy atom. The summed E-state index contributed by atoms with van der Waals surface area (Å²) < 4.78 is 5.48. The van der Waals surface area contributed by atoms with E-state index >= 15 is 0 Å². The van der Waals surface area contributed by atoms with Gasteiger partial charge in [0.15, 0.2) is 0 Å². The van der Waals surface area contributed by atoms with Crippen molar-refractivity contribution in [1.29, 1.82) is 5.26 Å². The molecule has 1 aromatic rings. The first-order valence-electron chi connectivity index (χ1n) is 5.85. The Kier molecular flexibility index (Phi) is 4.46. The van der Waals surface area contributed by atoms with Crippen LogP contribution in [0, 0.1) is 35.3 Å². The fraction of sp³-hybridized carbons (Fsp3) is 0.462. The first-order chi connectivity index (χ1) is 8.76. The summed E-state index contributed by atoms with van der Waals surface area (Å²) in [6.45, 7) is 5.35. The Morgan fingerprint density at radius 3 is 2.63 bits per heavy atom. The number of nitriles is 1. The van der Waals surface area contributed by atoms with E-state index in [0.717, 1.165) is 5.56 Å². The van der Waals surface area contributed by atoms with Crippen molar-refractivity contribution in [1.82, 2.24) is 0 Å². The smallest absolute Gasteiger partial charge is 0.276 e. The van der Waals surface area contributed by atoms with Crippen LogP contribution in [0.4, 0.5) is 5.69 Å². The highest BCUT2D eigenvalue weighted by Crippen LogP contribution is 2.28. The molecule has 0 saturated carbocycles. The molecule has 0 heterocycles. The van der Waals surface area contributed by atoms with Crippen molar-refractivity contribution in [2.45, 2.75) is 32.7 Å². The molecule has 6 heteroatoms. The molecule has 0 radical (unpaired) electrons. The van der Waals surface area contributed by atoms with Crippen molar-refractivity contribution >= 4 is 5.69 Å². The second kappa shape index (κ2) is 5.67. The molecule has 0 aliphatic heterocycles. The summed E-state index contributed by atoms with van der Waals surface area (Å²) in [7, 11) is 0. The quantitative estimate of drug-likeness (QED) is 0.648. The highest BCUT2D eigenvalue weighted by Gasteiger charge is 2.18. The minimum Gasteiger partial charge on any atom is -0.493 e. The molecule has 0 bridgehead atoms. The van der Waals surface area contributed by atoms with Crippen LogP contribution in [-0.4, -0.2) is 17.1 Å². The molecule has 0 aliphatic rings. The van der Waals surface area contributed by atoms with Gasteiger partial charge < -0.3 is 10.5 Å². The van der Waals surface area contributed by atoms with Crippen LogP contribution in [0.2, 0.25) is 0 Å². The summed E-state index contributed by atoms with van der Waals surface area (Å²) in [5.74, 6) is 0.450. The molecule has 19 heavy (non-hydrogen) atoms. The van der Waals surface area contributed by atoms with E-state index in [0.29, 0.717) is 17.7 Å². The fourth-order valence-electron chi connectivity index (χ4n) is 1.60. The van der Waals surface area contributed by atoms with E-state index in [-0.39, 0.29) is 12.3 Å². The molecule has 1 unspecified atom stereocenters. The molecule has 0 amide bonds. The van der Waals surface area contributed by atoms with Crippen LogP contribution >= 0.6 is 0 Å². The van der Waals surface area contributed by atoms with Gasteiger partial charge in [-0.1, -0.05) is 0 Å². The third-order valence-electron chi connectivity index (χ3n) is 2.82. The maximum absolute atomic E-state index is 10.9. The summed E-state index contributed by atoms with van der Waals surface area (Å²) in [5.41, 5.74) is 6.15. The predicted octanol–water partition coefficient (Wildman–Crippen LogP) is 2.22. The Labute approximate surface area is 111 Å². The number of hydrogen-bond acceptors (Lipinski definition) is 5. The van der Waals surface area contributed by atoms with Gasteiger partial charge in [0.05, 0.1) is 23.7 Å². The predicted molar refractivity (Wildman–Crippen MR) is 70.9 cm³/mol. The van der Waals surface area contributed by atoms with Crippen molar-refractivity contribution in [3.05, 3.63) is 33.4 Å². The van der Waals surface area contributed by atoms with Crippen LogP contribution in [-0.2, 0) is 0 Å². The minimum absolute atomic E-state index is 0.0244. The number of nitrogens with two attached hydrogens (primary N) is 1. The van der Waals surface area contributed by atoms with Crippen molar-refractivity contribution in [2.75, 3.05) is 6.61 Å². The largest absolute Gasteiger partial charge is 0.493 e. The van der Waals surface area contributed by atoms with E-state index in [1.807, 2.05) is 13.0 Å². The SMILES string of the molecule is Cc1cc(C)c([N+](=O)[O-])cc1OCCC(C)(N)C#N. The highest BCUT2D eigenvalue weighted by molar-refractivity contribution is 5.49. The molecule has 102 valence electrons. The zero-order valence-corrected chi connectivity index (χ0v) is 11.3. The second-order valence-corrected chi connectivity index (χ2v) is 4.79. The van der Waals surface area contributed by atoms with Crippen LogP contribution in [0.3, 0.4) is 0 Å². The summed E-state index contributed by atoms with van der Waals surface area (Å²) in [6.07, 6.45) is 0.352. The monoisotopic (exact) mass is 263 g/mol. The van der Waals surface area contributed by atoms with E-state index in [4.69, 9.17) is 15.7 Å². The molecule has 2 N–H and O–H groups in total. The van der Waals surface area contributed by atoms with Gasteiger partial charge in [-0.3, -0.25) is 10.1 Å². The molecular weight excluding hydrogens is 246 g/mol. The lowest BCUT2D eigenvalue weighted by Gasteiger charge is -2.16. The molecule has 6 nitrogen and oxygen atoms in total. The number of nitrogens with zero attached hydrogens (tertiary/aromatic N) is 2. The Balaban J connectivity index is 2.82. The van der Waals surface area contributed by atoms with Crippen molar-refractivity contribution in [2.24, 2.45) is 5.73 Å². The molecule has 0 aromatic heterocycles. The second-order valence-electron chi connectivity index (χ2n) is 4.79. The summed E-state index contributed by atoms with van der Waals surface area (Å²) in [5, 5.41) is 19.6. The summed E-state index contributed by atoms with van der Waals surface area (Å²) in [4.78, 5) is 10.4. The van der Waals surface area contributed by atoms with Crippen molar-refractivity contribution in [3.8, 4) is 11.8 Å². The number of nitro groups is 1. The zero-order valence-electron chi connectivity index (χ0n) is 11.3. The van der Waals surface area contributed by atoms with Crippen molar-refractivity contribution in [3.63, 3.8) is 0 Å². The van der Waals surface area contributed by atoms with Gasteiger partial charge in [0.25, 0.3) is 5.69 Å². The lowest BCUT2D eigenvalue weighted by atomic mass is 10.0. The average molecular weight is 263 g/mol. The standard InChI is InChI=1S/C13H17N3O3/c1-9-6-10(2)12(7-11(9)16(17)18)19-5-4-13(3,15)8-14/h6-7H,4-5,15H2,1-3H3. The lowest BCUT2D eigenvalue weighted by molar-refractivity contribution is -0.385. The van der Waals surface area contributed by atoms with Gasteiger partial charge in [-0.25, -0.2) is 0 Å². The maximum atomic E-state index is 10.9. The molecular formula is C13H17N3O3. The van der Waals surface area contributed by atoms with Gasteiger partial charge in [-0.2, -0.15) is 5.26 Å². The number of nitro benzene ring substituents is 1. The van der Waals surface area contributed by atoms with Crippen molar-refractivity contribution < 1.29 is 9.66 Å².